The Morgan fingerprint density at radius 3 is 2.80 bits per heavy atom. The van der Waals surface area contributed by atoms with Crippen LogP contribution in [0, 0.1) is 5.82 Å². The molecule has 4 atom stereocenters. The summed E-state index contributed by atoms with van der Waals surface area (Å²) in [5.41, 5.74) is -0.201. The summed E-state index contributed by atoms with van der Waals surface area (Å²) in [6.45, 7) is 6.20. The average Bonchev–Trinajstić information content (AvgIpc) is 3.56. The number of benzene rings is 2. The molecule has 3 aliphatic heterocycles. The van der Waals surface area contributed by atoms with Gasteiger partial charge in [-0.2, -0.15) is 9.97 Å². The molecular weight excluding hydrogens is 602 g/mol. The Bertz CT molecular complexity index is 1800. The van der Waals surface area contributed by atoms with E-state index in [1.165, 1.54) is 6.07 Å². The predicted octanol–water partition coefficient (Wildman–Crippen LogP) is 5.74. The van der Waals surface area contributed by atoms with Crippen LogP contribution in [0.3, 0.4) is 0 Å². The van der Waals surface area contributed by atoms with E-state index >= 15 is 4.39 Å². The lowest BCUT2D eigenvalue weighted by Crippen LogP contribution is -2.57. The number of fused-ring (bicyclic) bond motifs is 3. The summed E-state index contributed by atoms with van der Waals surface area (Å²) >= 11 is 6.88. The van der Waals surface area contributed by atoms with Crippen molar-refractivity contribution >= 4 is 45.5 Å². The summed E-state index contributed by atoms with van der Waals surface area (Å²) in [5, 5.41) is 12.1. The highest BCUT2D eigenvalue weighted by Crippen LogP contribution is 2.42. The van der Waals surface area contributed by atoms with E-state index in [0.29, 0.717) is 54.6 Å². The van der Waals surface area contributed by atoms with Crippen molar-refractivity contribution in [1.29, 1.82) is 0 Å². The number of hydrogen-bond donors (Lipinski definition) is 1. The molecule has 4 aromatic rings. The number of alkyl halides is 1. The fraction of sp³-hybridized carbons (Fsp3) is 0.455. The highest BCUT2D eigenvalue weighted by atomic mass is 35.5. The number of anilines is 1. The number of carbonyl (C=O) groups is 1. The van der Waals surface area contributed by atoms with Crippen LogP contribution in [-0.2, 0) is 4.79 Å². The summed E-state index contributed by atoms with van der Waals surface area (Å²) in [6, 6.07) is 10.1. The minimum absolute atomic E-state index is 0.00511. The van der Waals surface area contributed by atoms with Crippen LogP contribution in [0.5, 0.6) is 11.8 Å². The third-order valence-electron chi connectivity index (χ3n) is 9.77. The molecule has 3 saturated heterocycles. The van der Waals surface area contributed by atoms with Crippen LogP contribution in [0.25, 0.3) is 32.9 Å². The lowest BCUT2D eigenvalue weighted by atomic mass is 9.95. The molecule has 9 nitrogen and oxygen atoms in total. The van der Waals surface area contributed by atoms with Gasteiger partial charge in [0.1, 0.15) is 40.7 Å². The monoisotopic (exact) mass is 636 g/mol. The van der Waals surface area contributed by atoms with E-state index in [1.807, 2.05) is 43.0 Å². The molecule has 12 heteroatoms. The second-order valence-corrected chi connectivity index (χ2v) is 12.9. The number of piperazine rings is 1. The highest BCUT2D eigenvalue weighted by molar-refractivity contribution is 6.35. The molecule has 5 heterocycles. The van der Waals surface area contributed by atoms with Crippen molar-refractivity contribution in [3.05, 3.63) is 47.4 Å². The standard InChI is InChI=1S/C33H35ClF2N6O3/c1-3-22-16-40(14-19(2)42(22)18-43)31-26-29(38-32(39-31)45-17-33-9-6-10-41(33)15-21(35)13-33)27(36)28(37-30(26)34)25-12-23(44)11-20-7-4-5-8-24(20)25/h4-5,7-8,11-12,18-19,21-22,44H,3,6,9-10,13-17H2,1-2H3/t19?,21?,22?,33-/m0/s1. The zero-order chi connectivity index (χ0) is 31.5. The third-order valence-corrected chi connectivity index (χ3v) is 10.0. The number of pyridine rings is 1. The van der Waals surface area contributed by atoms with Crippen molar-refractivity contribution in [3.8, 4) is 23.0 Å². The van der Waals surface area contributed by atoms with E-state index in [-0.39, 0.29) is 52.2 Å². The molecule has 0 aliphatic carbocycles. The number of rotatable bonds is 7. The molecule has 3 fully saturated rings. The first-order valence-corrected chi connectivity index (χ1v) is 15.9. The lowest BCUT2D eigenvalue weighted by molar-refractivity contribution is -0.122. The predicted molar refractivity (Wildman–Crippen MR) is 169 cm³/mol. The Labute approximate surface area is 264 Å². The normalized spacial score (nSPS) is 25.3. The Kier molecular flexibility index (Phi) is 7.64. The van der Waals surface area contributed by atoms with Gasteiger partial charge in [0.05, 0.1) is 10.9 Å². The second-order valence-electron chi connectivity index (χ2n) is 12.6. The molecule has 0 bridgehead atoms. The maximum absolute atomic E-state index is 16.8. The Morgan fingerprint density at radius 2 is 2.00 bits per heavy atom. The molecule has 2 aromatic heterocycles. The molecule has 236 valence electrons. The molecule has 3 aliphatic rings. The highest BCUT2D eigenvalue weighted by Gasteiger charge is 2.49. The molecule has 1 amide bonds. The molecule has 7 rings (SSSR count). The van der Waals surface area contributed by atoms with Gasteiger partial charge in [0.2, 0.25) is 6.41 Å². The number of nitrogens with zero attached hydrogens (tertiary/aromatic N) is 6. The number of aromatic nitrogens is 3. The summed E-state index contributed by atoms with van der Waals surface area (Å²) in [7, 11) is 0. The molecule has 0 radical (unpaired) electrons. The first kappa shape index (κ1) is 29.9. The minimum Gasteiger partial charge on any atom is -0.508 e. The van der Waals surface area contributed by atoms with Gasteiger partial charge in [-0.05, 0) is 55.6 Å². The molecule has 0 saturated carbocycles. The number of phenolic OH excluding ortho intramolecular Hbond substituents is 1. The van der Waals surface area contributed by atoms with E-state index in [2.05, 4.69) is 14.9 Å². The summed E-state index contributed by atoms with van der Waals surface area (Å²) in [6.07, 6.45) is 2.78. The van der Waals surface area contributed by atoms with Crippen LogP contribution in [0.2, 0.25) is 5.15 Å². The van der Waals surface area contributed by atoms with Gasteiger partial charge in [-0.1, -0.05) is 42.8 Å². The van der Waals surface area contributed by atoms with Gasteiger partial charge in [-0.25, -0.2) is 13.8 Å². The van der Waals surface area contributed by atoms with Crippen molar-refractivity contribution < 1.29 is 23.4 Å². The van der Waals surface area contributed by atoms with E-state index in [1.54, 1.807) is 11.0 Å². The maximum atomic E-state index is 16.8. The van der Waals surface area contributed by atoms with Gasteiger partial charge in [-0.15, -0.1) is 0 Å². The van der Waals surface area contributed by atoms with Crippen molar-refractivity contribution in [2.45, 2.75) is 63.3 Å². The fourth-order valence-electron chi connectivity index (χ4n) is 7.60. The SMILES string of the molecule is CCC1CN(c2nc(OC[C@@]34CCCN3CC(F)C4)nc3c(F)c(-c4cc(O)cc5ccccc45)nc(Cl)c23)CC(C)N1C=O. The number of ether oxygens (including phenoxy) is 1. The van der Waals surface area contributed by atoms with E-state index in [4.69, 9.17) is 21.3 Å². The first-order chi connectivity index (χ1) is 21.7. The first-order valence-electron chi connectivity index (χ1n) is 15.5. The van der Waals surface area contributed by atoms with Crippen LogP contribution in [0.15, 0.2) is 36.4 Å². The average molecular weight is 637 g/mol. The molecule has 2 aromatic carbocycles. The van der Waals surface area contributed by atoms with Gasteiger partial charge in [0.15, 0.2) is 5.82 Å². The van der Waals surface area contributed by atoms with Crippen LogP contribution in [0.1, 0.15) is 39.5 Å². The van der Waals surface area contributed by atoms with E-state index in [9.17, 15) is 14.3 Å². The number of halogens is 3. The second kappa shape index (κ2) is 11.5. The van der Waals surface area contributed by atoms with Crippen molar-refractivity contribution in [2.24, 2.45) is 0 Å². The van der Waals surface area contributed by atoms with Gasteiger partial charge in [0, 0.05) is 43.7 Å². The summed E-state index contributed by atoms with van der Waals surface area (Å²) in [5.74, 6) is -0.398. The quantitative estimate of drug-likeness (QED) is 0.203. The van der Waals surface area contributed by atoms with E-state index in [0.717, 1.165) is 25.8 Å². The zero-order valence-electron chi connectivity index (χ0n) is 25.2. The summed E-state index contributed by atoms with van der Waals surface area (Å²) < 4.78 is 37.5. The number of phenols is 1. The van der Waals surface area contributed by atoms with Gasteiger partial charge in [0.25, 0.3) is 0 Å². The smallest absolute Gasteiger partial charge is 0.319 e. The molecular formula is C33H35ClF2N6O3. The molecule has 0 spiro atoms. The van der Waals surface area contributed by atoms with Crippen LogP contribution in [0.4, 0.5) is 14.6 Å². The maximum Gasteiger partial charge on any atom is 0.319 e. The Morgan fingerprint density at radius 1 is 1.18 bits per heavy atom. The minimum atomic E-state index is -0.925. The van der Waals surface area contributed by atoms with Crippen molar-refractivity contribution in [1.82, 2.24) is 24.8 Å². The number of hydrogen-bond acceptors (Lipinski definition) is 8. The van der Waals surface area contributed by atoms with Crippen LogP contribution in [-0.4, -0.2) is 92.8 Å². The largest absolute Gasteiger partial charge is 0.508 e. The molecule has 1 N–H and O–H groups in total. The third kappa shape index (κ3) is 5.10. The topological polar surface area (TPSA) is 94.9 Å². The van der Waals surface area contributed by atoms with Crippen molar-refractivity contribution in [3.63, 3.8) is 0 Å². The van der Waals surface area contributed by atoms with Crippen LogP contribution >= 0.6 is 11.6 Å². The lowest BCUT2D eigenvalue weighted by Gasteiger charge is -2.44. The fourth-order valence-corrected chi connectivity index (χ4v) is 7.86. The molecule has 3 unspecified atom stereocenters. The van der Waals surface area contributed by atoms with Gasteiger partial charge in [-0.3, -0.25) is 9.69 Å². The number of carbonyl (C=O) groups excluding carboxylic acids is 1. The number of aromatic hydroxyl groups is 1. The molecule has 45 heavy (non-hydrogen) atoms. The zero-order valence-corrected chi connectivity index (χ0v) is 26.0. The Balaban J connectivity index is 1.38. The van der Waals surface area contributed by atoms with Crippen LogP contribution < -0.4 is 9.64 Å². The number of amides is 1. The Hall–Kier alpha value is -3.83. The van der Waals surface area contributed by atoms with Gasteiger partial charge >= 0.3 is 6.01 Å². The van der Waals surface area contributed by atoms with E-state index < -0.39 is 17.5 Å². The van der Waals surface area contributed by atoms with Gasteiger partial charge < -0.3 is 19.6 Å². The summed E-state index contributed by atoms with van der Waals surface area (Å²) in [4.78, 5) is 31.7. The van der Waals surface area contributed by atoms with Crippen molar-refractivity contribution in [2.75, 3.05) is 37.7 Å².